The summed E-state index contributed by atoms with van der Waals surface area (Å²) in [6, 6.07) is 5.10. The lowest BCUT2D eigenvalue weighted by atomic mass is 9.99. The van der Waals surface area contributed by atoms with E-state index in [1.54, 1.807) is 0 Å². The molecule has 0 atom stereocenters. The van der Waals surface area contributed by atoms with E-state index in [0.29, 0.717) is 5.39 Å². The lowest BCUT2D eigenvalue weighted by molar-refractivity contribution is 0.0680. The summed E-state index contributed by atoms with van der Waals surface area (Å²) in [5.41, 5.74) is -0.941. The third-order valence-corrected chi connectivity index (χ3v) is 2.58. The summed E-state index contributed by atoms with van der Waals surface area (Å²) >= 11 is 0. The van der Waals surface area contributed by atoms with Gasteiger partial charge in [-0.05, 0) is 17.5 Å². The Bertz CT molecular complexity index is 674. The Morgan fingerprint density at radius 1 is 0.889 bits per heavy atom. The standard InChI is InChI=1S/C12H8O6/c13-7-4-2-5-1-3-6(11(15)16)10(14)8(5)9(7)12(17)18/h1-4,13-14H,(H,15,16)(H,17,18). The summed E-state index contributed by atoms with van der Waals surface area (Å²) in [6.45, 7) is 0. The van der Waals surface area contributed by atoms with Crippen molar-refractivity contribution in [3.63, 3.8) is 0 Å². The highest BCUT2D eigenvalue weighted by Gasteiger charge is 2.21. The summed E-state index contributed by atoms with van der Waals surface area (Å²) in [5, 5.41) is 37.3. The van der Waals surface area contributed by atoms with Crippen LogP contribution in [0.1, 0.15) is 20.7 Å². The van der Waals surface area contributed by atoms with E-state index in [0.717, 1.165) is 0 Å². The molecule has 0 aliphatic heterocycles. The number of hydrogen-bond acceptors (Lipinski definition) is 4. The number of aromatic hydroxyl groups is 2. The first-order chi connectivity index (χ1) is 8.43. The average Bonchev–Trinajstić information content (AvgIpc) is 2.29. The van der Waals surface area contributed by atoms with Crippen LogP contribution in [-0.4, -0.2) is 32.4 Å². The van der Waals surface area contributed by atoms with E-state index in [2.05, 4.69) is 0 Å². The quantitative estimate of drug-likeness (QED) is 0.642. The number of carboxylic acids is 2. The molecule has 18 heavy (non-hydrogen) atoms. The van der Waals surface area contributed by atoms with E-state index in [1.807, 2.05) is 0 Å². The molecule has 0 amide bonds. The van der Waals surface area contributed by atoms with Gasteiger partial charge in [0, 0.05) is 5.39 Å². The molecule has 0 fully saturated rings. The zero-order valence-corrected chi connectivity index (χ0v) is 8.91. The van der Waals surface area contributed by atoms with Crippen molar-refractivity contribution >= 4 is 22.7 Å². The van der Waals surface area contributed by atoms with Crippen LogP contribution in [0.5, 0.6) is 11.5 Å². The molecule has 0 bridgehead atoms. The van der Waals surface area contributed by atoms with Gasteiger partial charge in [0.2, 0.25) is 0 Å². The van der Waals surface area contributed by atoms with Crippen molar-refractivity contribution in [2.45, 2.75) is 0 Å². The number of carbonyl (C=O) groups is 2. The molecule has 0 spiro atoms. The predicted octanol–water partition coefficient (Wildman–Crippen LogP) is 1.65. The number of phenols is 2. The van der Waals surface area contributed by atoms with Crippen molar-refractivity contribution in [1.29, 1.82) is 0 Å². The predicted molar refractivity (Wildman–Crippen MR) is 61.2 cm³/mol. The number of fused-ring (bicyclic) bond motifs is 1. The molecule has 2 rings (SSSR count). The van der Waals surface area contributed by atoms with E-state index < -0.39 is 34.6 Å². The van der Waals surface area contributed by atoms with Crippen LogP contribution in [0.2, 0.25) is 0 Å². The second-order valence-corrected chi connectivity index (χ2v) is 3.63. The van der Waals surface area contributed by atoms with Gasteiger partial charge in [-0.25, -0.2) is 9.59 Å². The van der Waals surface area contributed by atoms with E-state index in [4.69, 9.17) is 10.2 Å². The van der Waals surface area contributed by atoms with Crippen molar-refractivity contribution in [2.75, 3.05) is 0 Å². The molecule has 0 saturated heterocycles. The van der Waals surface area contributed by atoms with Crippen molar-refractivity contribution in [3.05, 3.63) is 35.4 Å². The Hall–Kier alpha value is -2.76. The van der Waals surface area contributed by atoms with Crippen LogP contribution in [-0.2, 0) is 0 Å². The molecule has 0 aliphatic rings. The second kappa shape index (κ2) is 3.92. The Morgan fingerprint density at radius 3 is 2.06 bits per heavy atom. The van der Waals surface area contributed by atoms with Crippen LogP contribution in [0.4, 0.5) is 0 Å². The first-order valence-corrected chi connectivity index (χ1v) is 4.87. The maximum Gasteiger partial charge on any atom is 0.340 e. The van der Waals surface area contributed by atoms with Crippen molar-refractivity contribution in [1.82, 2.24) is 0 Å². The minimum absolute atomic E-state index is 0.192. The zero-order valence-electron chi connectivity index (χ0n) is 8.91. The Kier molecular flexibility index (Phi) is 2.55. The molecule has 92 valence electrons. The van der Waals surface area contributed by atoms with Gasteiger partial charge >= 0.3 is 11.9 Å². The molecule has 6 nitrogen and oxygen atoms in total. The Balaban J connectivity index is 2.98. The van der Waals surface area contributed by atoms with Crippen LogP contribution in [0.25, 0.3) is 10.8 Å². The Morgan fingerprint density at radius 2 is 1.50 bits per heavy atom. The fourth-order valence-corrected chi connectivity index (χ4v) is 1.78. The highest BCUT2D eigenvalue weighted by molar-refractivity contribution is 6.11. The number of carboxylic acid groups (broad SMARTS) is 2. The maximum atomic E-state index is 11.1. The second-order valence-electron chi connectivity index (χ2n) is 3.63. The largest absolute Gasteiger partial charge is 0.507 e. The van der Waals surface area contributed by atoms with E-state index in [1.165, 1.54) is 24.3 Å². The minimum Gasteiger partial charge on any atom is -0.507 e. The number of aromatic carboxylic acids is 2. The van der Waals surface area contributed by atoms with Gasteiger partial charge in [0.1, 0.15) is 22.6 Å². The molecular formula is C12H8O6. The maximum absolute atomic E-state index is 11.1. The van der Waals surface area contributed by atoms with Gasteiger partial charge in [-0.3, -0.25) is 0 Å². The number of hydrogen-bond donors (Lipinski definition) is 4. The van der Waals surface area contributed by atoms with Gasteiger partial charge in [0.15, 0.2) is 0 Å². The van der Waals surface area contributed by atoms with Gasteiger partial charge in [0.05, 0.1) is 0 Å². The summed E-state index contributed by atoms with van der Waals surface area (Å²) in [7, 11) is 0. The fraction of sp³-hybridized carbons (Fsp3) is 0. The van der Waals surface area contributed by atoms with Gasteiger partial charge in [-0.2, -0.15) is 0 Å². The molecular weight excluding hydrogens is 240 g/mol. The molecule has 0 aliphatic carbocycles. The number of rotatable bonds is 2. The van der Waals surface area contributed by atoms with Crippen molar-refractivity contribution in [2.24, 2.45) is 0 Å². The highest BCUT2D eigenvalue weighted by Crippen LogP contribution is 2.35. The van der Waals surface area contributed by atoms with Crippen LogP contribution in [0.15, 0.2) is 24.3 Å². The van der Waals surface area contributed by atoms with Gasteiger partial charge in [-0.1, -0.05) is 12.1 Å². The summed E-state index contributed by atoms with van der Waals surface area (Å²) < 4.78 is 0. The average molecular weight is 248 g/mol. The molecule has 2 aromatic rings. The summed E-state index contributed by atoms with van der Waals surface area (Å²) in [5.74, 6) is -4.04. The summed E-state index contributed by atoms with van der Waals surface area (Å²) in [6.07, 6.45) is 0. The lowest BCUT2D eigenvalue weighted by Crippen LogP contribution is -2.02. The minimum atomic E-state index is -1.45. The van der Waals surface area contributed by atoms with Crippen LogP contribution < -0.4 is 0 Å². The van der Waals surface area contributed by atoms with Crippen molar-refractivity contribution < 1.29 is 30.0 Å². The summed E-state index contributed by atoms with van der Waals surface area (Å²) in [4.78, 5) is 21.9. The smallest absolute Gasteiger partial charge is 0.340 e. The van der Waals surface area contributed by atoms with Crippen LogP contribution >= 0.6 is 0 Å². The third-order valence-electron chi connectivity index (χ3n) is 2.58. The van der Waals surface area contributed by atoms with E-state index >= 15 is 0 Å². The molecule has 0 unspecified atom stereocenters. The molecule has 0 radical (unpaired) electrons. The Labute approximate surface area is 100 Å². The SMILES string of the molecule is O=C(O)c1ccc2ccc(O)c(C(=O)O)c2c1O. The molecule has 6 heteroatoms. The molecule has 4 N–H and O–H groups in total. The lowest BCUT2D eigenvalue weighted by Gasteiger charge is -2.09. The normalized spacial score (nSPS) is 10.4. The van der Waals surface area contributed by atoms with E-state index in [-0.39, 0.29) is 5.39 Å². The monoisotopic (exact) mass is 248 g/mol. The molecule has 0 aromatic heterocycles. The third kappa shape index (κ3) is 1.60. The van der Waals surface area contributed by atoms with Crippen LogP contribution in [0, 0.1) is 0 Å². The topological polar surface area (TPSA) is 115 Å². The molecule has 0 saturated carbocycles. The first kappa shape index (κ1) is 11.7. The van der Waals surface area contributed by atoms with Gasteiger partial charge < -0.3 is 20.4 Å². The van der Waals surface area contributed by atoms with Crippen LogP contribution in [0.3, 0.4) is 0 Å². The zero-order chi connectivity index (χ0) is 13.4. The van der Waals surface area contributed by atoms with Gasteiger partial charge in [0.25, 0.3) is 0 Å². The van der Waals surface area contributed by atoms with E-state index in [9.17, 15) is 19.8 Å². The molecule has 2 aromatic carbocycles. The molecule has 0 heterocycles. The first-order valence-electron chi connectivity index (χ1n) is 4.87. The van der Waals surface area contributed by atoms with Gasteiger partial charge in [-0.15, -0.1) is 0 Å². The fourth-order valence-electron chi connectivity index (χ4n) is 1.78. The number of benzene rings is 2. The van der Waals surface area contributed by atoms with Crippen molar-refractivity contribution in [3.8, 4) is 11.5 Å². The highest BCUT2D eigenvalue weighted by atomic mass is 16.4.